The smallest absolute Gasteiger partial charge is 0.254 e. The highest BCUT2D eigenvalue weighted by Crippen LogP contribution is 2.34. The van der Waals surface area contributed by atoms with Crippen LogP contribution in [0.2, 0.25) is 5.02 Å². The SMILES string of the molecule is CC(C)CS(=O)(=O)N1CCN(C2(CNC(=O)c3c(N)cccc3Cl)CCCCC2)CC1. The average molecular weight is 471 g/mol. The minimum absolute atomic E-state index is 0.111. The summed E-state index contributed by atoms with van der Waals surface area (Å²) in [5.74, 6) is 0.0411. The molecule has 2 aliphatic rings. The first-order valence-corrected chi connectivity index (χ1v) is 13.2. The Bertz CT molecular complexity index is 856. The van der Waals surface area contributed by atoms with E-state index in [2.05, 4.69) is 10.2 Å². The van der Waals surface area contributed by atoms with E-state index >= 15 is 0 Å². The minimum Gasteiger partial charge on any atom is -0.398 e. The van der Waals surface area contributed by atoms with Gasteiger partial charge in [-0.05, 0) is 30.9 Å². The number of hydrogen-bond donors (Lipinski definition) is 2. The van der Waals surface area contributed by atoms with Gasteiger partial charge in [0, 0.05) is 44.0 Å². The molecule has 1 aliphatic heterocycles. The molecule has 1 heterocycles. The van der Waals surface area contributed by atoms with E-state index in [1.807, 2.05) is 13.8 Å². The highest BCUT2D eigenvalue weighted by molar-refractivity contribution is 7.89. The number of carbonyl (C=O) groups is 1. The van der Waals surface area contributed by atoms with Crippen molar-refractivity contribution in [2.75, 3.05) is 44.2 Å². The Balaban J connectivity index is 1.68. The van der Waals surface area contributed by atoms with Crippen LogP contribution >= 0.6 is 11.6 Å². The van der Waals surface area contributed by atoms with E-state index in [1.165, 1.54) is 6.42 Å². The lowest BCUT2D eigenvalue weighted by Crippen LogP contribution is -2.62. The van der Waals surface area contributed by atoms with Crippen molar-refractivity contribution in [2.45, 2.75) is 51.5 Å². The Hall–Kier alpha value is -1.35. The molecule has 1 saturated carbocycles. The number of nitrogen functional groups attached to an aromatic ring is 1. The standard InChI is InChI=1S/C22H35ClN4O3S/c1-17(2)15-31(29,30)27-13-11-26(12-14-27)22(9-4-3-5-10-22)16-25-21(28)20-18(23)7-6-8-19(20)24/h6-8,17H,3-5,9-16,24H2,1-2H3,(H,25,28). The summed E-state index contributed by atoms with van der Waals surface area (Å²) in [6.45, 7) is 6.74. The van der Waals surface area contributed by atoms with E-state index in [1.54, 1.807) is 22.5 Å². The fourth-order valence-electron chi connectivity index (χ4n) is 4.90. The van der Waals surface area contributed by atoms with Crippen LogP contribution in [-0.2, 0) is 10.0 Å². The second kappa shape index (κ2) is 10.1. The number of nitrogens with one attached hydrogen (secondary N) is 1. The van der Waals surface area contributed by atoms with Crippen LogP contribution in [0.15, 0.2) is 18.2 Å². The van der Waals surface area contributed by atoms with Crippen LogP contribution in [0, 0.1) is 5.92 Å². The van der Waals surface area contributed by atoms with E-state index in [0.29, 0.717) is 49.0 Å². The Morgan fingerprint density at radius 1 is 1.16 bits per heavy atom. The molecule has 0 spiro atoms. The molecular formula is C22H35ClN4O3S. The Morgan fingerprint density at radius 2 is 1.81 bits per heavy atom. The van der Waals surface area contributed by atoms with E-state index < -0.39 is 10.0 Å². The van der Waals surface area contributed by atoms with Crippen LogP contribution in [0.1, 0.15) is 56.3 Å². The van der Waals surface area contributed by atoms with Gasteiger partial charge in [0.2, 0.25) is 10.0 Å². The maximum Gasteiger partial charge on any atom is 0.254 e. The first-order chi connectivity index (χ1) is 14.6. The molecule has 174 valence electrons. The number of nitrogens with zero attached hydrogens (tertiary/aromatic N) is 2. The molecule has 9 heteroatoms. The number of nitrogens with two attached hydrogens (primary N) is 1. The fourth-order valence-corrected chi connectivity index (χ4v) is 6.94. The van der Waals surface area contributed by atoms with Crippen molar-refractivity contribution >= 4 is 33.2 Å². The molecule has 3 N–H and O–H groups in total. The second-order valence-corrected chi connectivity index (χ2v) is 11.7. The van der Waals surface area contributed by atoms with Gasteiger partial charge in [-0.15, -0.1) is 0 Å². The van der Waals surface area contributed by atoms with Gasteiger partial charge in [0.05, 0.1) is 16.3 Å². The third kappa shape index (κ3) is 5.72. The summed E-state index contributed by atoms with van der Waals surface area (Å²) in [4.78, 5) is 15.3. The Kier molecular flexibility index (Phi) is 7.89. The topological polar surface area (TPSA) is 95.7 Å². The van der Waals surface area contributed by atoms with Gasteiger partial charge in [-0.1, -0.05) is 50.8 Å². The lowest BCUT2D eigenvalue weighted by molar-refractivity contribution is 0.0240. The molecule has 31 heavy (non-hydrogen) atoms. The second-order valence-electron chi connectivity index (χ2n) is 9.23. The Labute approximate surface area is 191 Å². The molecule has 2 fully saturated rings. The van der Waals surface area contributed by atoms with Gasteiger partial charge >= 0.3 is 0 Å². The van der Waals surface area contributed by atoms with Crippen LogP contribution in [-0.4, -0.2) is 67.5 Å². The third-order valence-corrected chi connectivity index (χ3v) is 9.04. The van der Waals surface area contributed by atoms with E-state index in [0.717, 1.165) is 25.7 Å². The van der Waals surface area contributed by atoms with Gasteiger partial charge < -0.3 is 11.1 Å². The Morgan fingerprint density at radius 3 is 2.39 bits per heavy atom. The van der Waals surface area contributed by atoms with Crippen LogP contribution in [0.3, 0.4) is 0 Å². The zero-order chi connectivity index (χ0) is 22.6. The van der Waals surface area contributed by atoms with Gasteiger partial charge in [-0.25, -0.2) is 8.42 Å². The number of amides is 1. The lowest BCUT2D eigenvalue weighted by Gasteiger charge is -2.49. The van der Waals surface area contributed by atoms with Gasteiger partial charge in [-0.3, -0.25) is 9.69 Å². The molecule has 1 amide bonds. The molecule has 7 nitrogen and oxygen atoms in total. The number of sulfonamides is 1. The number of hydrogen-bond acceptors (Lipinski definition) is 5. The van der Waals surface area contributed by atoms with E-state index in [4.69, 9.17) is 17.3 Å². The molecule has 1 aromatic rings. The number of rotatable bonds is 7. The number of carbonyl (C=O) groups excluding carboxylic acids is 1. The molecule has 3 rings (SSSR count). The summed E-state index contributed by atoms with van der Waals surface area (Å²) < 4.78 is 26.9. The normalized spacial score (nSPS) is 20.6. The van der Waals surface area contributed by atoms with E-state index in [9.17, 15) is 13.2 Å². The molecule has 1 aliphatic carbocycles. The van der Waals surface area contributed by atoms with Gasteiger partial charge in [0.1, 0.15) is 0 Å². The number of anilines is 1. The molecule has 0 aromatic heterocycles. The summed E-state index contributed by atoms with van der Waals surface area (Å²) in [7, 11) is -3.22. The van der Waals surface area contributed by atoms with Crippen molar-refractivity contribution in [1.82, 2.24) is 14.5 Å². The molecule has 1 aromatic carbocycles. The van der Waals surface area contributed by atoms with Crippen molar-refractivity contribution in [1.29, 1.82) is 0 Å². The van der Waals surface area contributed by atoms with Crippen molar-refractivity contribution in [3.63, 3.8) is 0 Å². The van der Waals surface area contributed by atoms with Crippen LogP contribution in [0.5, 0.6) is 0 Å². The molecule has 1 saturated heterocycles. The van der Waals surface area contributed by atoms with Crippen molar-refractivity contribution in [3.8, 4) is 0 Å². The zero-order valence-corrected chi connectivity index (χ0v) is 20.1. The average Bonchev–Trinajstić information content (AvgIpc) is 2.72. The highest BCUT2D eigenvalue weighted by atomic mass is 35.5. The highest BCUT2D eigenvalue weighted by Gasteiger charge is 2.41. The predicted octanol–water partition coefficient (Wildman–Crippen LogP) is 2.96. The molecular weight excluding hydrogens is 436 g/mol. The summed E-state index contributed by atoms with van der Waals surface area (Å²) in [5, 5.41) is 3.43. The van der Waals surface area contributed by atoms with E-state index in [-0.39, 0.29) is 23.1 Å². The predicted molar refractivity (Wildman–Crippen MR) is 126 cm³/mol. The summed E-state index contributed by atoms with van der Waals surface area (Å²) in [5.41, 5.74) is 6.51. The van der Waals surface area contributed by atoms with Crippen LogP contribution in [0.25, 0.3) is 0 Å². The molecule has 0 atom stereocenters. The zero-order valence-electron chi connectivity index (χ0n) is 18.6. The molecule has 0 radical (unpaired) electrons. The molecule has 0 unspecified atom stereocenters. The maximum absolute atomic E-state index is 12.9. The lowest BCUT2D eigenvalue weighted by atomic mass is 9.79. The van der Waals surface area contributed by atoms with Crippen molar-refractivity contribution in [3.05, 3.63) is 28.8 Å². The quantitative estimate of drug-likeness (QED) is 0.597. The van der Waals surface area contributed by atoms with Crippen molar-refractivity contribution < 1.29 is 13.2 Å². The van der Waals surface area contributed by atoms with Crippen LogP contribution < -0.4 is 11.1 Å². The third-order valence-electron chi connectivity index (χ3n) is 6.48. The molecule has 0 bridgehead atoms. The van der Waals surface area contributed by atoms with Crippen LogP contribution in [0.4, 0.5) is 5.69 Å². The number of benzene rings is 1. The number of piperazine rings is 1. The summed E-state index contributed by atoms with van der Waals surface area (Å²) in [6, 6.07) is 5.07. The number of halogens is 1. The fraction of sp³-hybridized carbons (Fsp3) is 0.682. The first-order valence-electron chi connectivity index (χ1n) is 11.2. The largest absolute Gasteiger partial charge is 0.398 e. The minimum atomic E-state index is -3.22. The van der Waals surface area contributed by atoms with Gasteiger partial charge in [0.25, 0.3) is 5.91 Å². The maximum atomic E-state index is 12.9. The summed E-state index contributed by atoms with van der Waals surface area (Å²) >= 11 is 6.21. The monoisotopic (exact) mass is 470 g/mol. The van der Waals surface area contributed by atoms with Crippen molar-refractivity contribution in [2.24, 2.45) is 5.92 Å². The first kappa shape index (κ1) is 24.3. The van der Waals surface area contributed by atoms with Gasteiger partial charge in [-0.2, -0.15) is 4.31 Å². The van der Waals surface area contributed by atoms with Gasteiger partial charge in [0.15, 0.2) is 0 Å². The summed E-state index contributed by atoms with van der Waals surface area (Å²) in [6.07, 6.45) is 5.38.